The summed E-state index contributed by atoms with van der Waals surface area (Å²) in [6, 6.07) is 10.00. The van der Waals surface area contributed by atoms with E-state index in [-0.39, 0.29) is 48.9 Å². The molecule has 19 heteroatoms. The van der Waals surface area contributed by atoms with Crippen molar-refractivity contribution >= 4 is 41.1 Å². The molecule has 6 rings (SSSR count). The maximum atomic E-state index is 13.4. The zero-order valence-electron chi connectivity index (χ0n) is 26.0. The number of nitrogens with one attached hydrogen (secondary N) is 1. The number of fused-ring (bicyclic) bond motifs is 1. The van der Waals surface area contributed by atoms with Gasteiger partial charge in [0.1, 0.15) is 18.3 Å². The monoisotopic (exact) mass is 694 g/mol. The van der Waals surface area contributed by atoms with Crippen molar-refractivity contribution in [3.8, 4) is 0 Å². The van der Waals surface area contributed by atoms with Gasteiger partial charge < -0.3 is 19.8 Å². The predicted molar refractivity (Wildman–Crippen MR) is 168 cm³/mol. The second-order valence-corrected chi connectivity index (χ2v) is 13.6. The van der Waals surface area contributed by atoms with Crippen LogP contribution in [0.5, 0.6) is 0 Å². The minimum absolute atomic E-state index is 0.0748. The van der Waals surface area contributed by atoms with Gasteiger partial charge in [0.2, 0.25) is 5.91 Å². The number of aromatic amines is 1. The number of aliphatic carboxylic acids is 1. The maximum absolute atomic E-state index is 13.4. The van der Waals surface area contributed by atoms with Crippen molar-refractivity contribution in [3.05, 3.63) is 96.3 Å². The number of aliphatic hydroxyl groups is 1. The SMILES string of the molecule is C[C@@H](O)[C@H]1C(=O)N2C(C(=O)O)=C(S[C@H]3C[C@@H](c4nn[nH]n4)N(C(=O)OCc4ccc([N+](=O)[O-])cc4)C3)[C@](C)(Cc3ccc([N+](=O)[O-])cc3)[C@H]12. The standard InChI is InChI=1S/C30H30N8O10S/c1-15(39)22-24-30(2,12-16-3-7-18(8-4-16)37(44)45)25(23(28(41)42)36(24)27(22)40)49-20-11-21(26-31-33-34-32-26)35(13-20)29(43)48-14-17-5-9-19(10-6-17)38(46)47/h3-10,15,20-22,24,39H,11-14H2,1-2H3,(H,41,42)(H,31,32,33,34)/t15-,20+,21+,22-,24+,30-/m1/s1. The van der Waals surface area contributed by atoms with E-state index in [0.29, 0.717) is 16.0 Å². The summed E-state index contributed by atoms with van der Waals surface area (Å²) < 4.78 is 5.55. The highest BCUT2D eigenvalue weighted by molar-refractivity contribution is 8.03. The van der Waals surface area contributed by atoms with Crippen LogP contribution in [0.4, 0.5) is 16.2 Å². The number of nitro groups is 2. The summed E-state index contributed by atoms with van der Waals surface area (Å²) in [5.41, 5.74) is -0.286. The molecule has 2 saturated heterocycles. The summed E-state index contributed by atoms with van der Waals surface area (Å²) >= 11 is 1.21. The number of hydrogen-bond donors (Lipinski definition) is 3. The number of likely N-dealkylation sites (tertiary alicyclic amines) is 1. The minimum atomic E-state index is -1.33. The second kappa shape index (κ2) is 12.9. The van der Waals surface area contributed by atoms with Crippen LogP contribution in [-0.4, -0.2) is 92.4 Å². The number of aliphatic hydroxyl groups excluding tert-OH is 1. The van der Waals surface area contributed by atoms with E-state index in [0.717, 1.165) is 0 Å². The molecule has 0 spiro atoms. The van der Waals surface area contributed by atoms with E-state index in [1.165, 1.54) is 64.9 Å². The van der Waals surface area contributed by atoms with E-state index in [1.807, 2.05) is 6.92 Å². The lowest BCUT2D eigenvalue weighted by Gasteiger charge is -2.51. The van der Waals surface area contributed by atoms with E-state index < -0.39 is 62.6 Å². The van der Waals surface area contributed by atoms with Crippen molar-refractivity contribution in [2.75, 3.05) is 6.54 Å². The third-order valence-corrected chi connectivity index (χ3v) is 10.7. The van der Waals surface area contributed by atoms with Crippen molar-refractivity contribution in [3.63, 3.8) is 0 Å². The molecule has 6 atom stereocenters. The Kier molecular flexibility index (Phi) is 8.80. The molecule has 0 bridgehead atoms. The lowest BCUT2D eigenvalue weighted by molar-refractivity contribution is -0.385. The van der Waals surface area contributed by atoms with Crippen LogP contribution >= 0.6 is 11.8 Å². The fraction of sp³-hybridized carbons (Fsp3) is 0.400. The van der Waals surface area contributed by atoms with Gasteiger partial charge in [-0.05, 0) is 43.0 Å². The number of nitro benzene ring substituents is 2. The van der Waals surface area contributed by atoms with Gasteiger partial charge in [0.05, 0.1) is 27.9 Å². The molecule has 2 amide bonds. The highest BCUT2D eigenvalue weighted by atomic mass is 32.2. The number of rotatable bonds is 11. The molecular formula is C30H30N8O10S. The fourth-order valence-corrected chi connectivity index (χ4v) is 8.52. The zero-order valence-corrected chi connectivity index (χ0v) is 26.8. The summed E-state index contributed by atoms with van der Waals surface area (Å²) in [6.07, 6.45) is -1.33. The molecule has 1 aromatic heterocycles. The number of carbonyl (C=O) groups excluding carboxylic acids is 2. The maximum Gasteiger partial charge on any atom is 0.410 e. The molecule has 0 saturated carbocycles. The van der Waals surface area contributed by atoms with Crippen molar-refractivity contribution < 1.29 is 39.2 Å². The number of carbonyl (C=O) groups is 3. The molecule has 0 aliphatic carbocycles. The Morgan fingerprint density at radius 3 is 2.24 bits per heavy atom. The third-order valence-electron chi connectivity index (χ3n) is 9.16. The highest BCUT2D eigenvalue weighted by Crippen LogP contribution is 2.60. The molecular weight excluding hydrogens is 664 g/mol. The molecule has 0 unspecified atom stereocenters. The van der Waals surface area contributed by atoms with Gasteiger partial charge in [0, 0.05) is 46.4 Å². The van der Waals surface area contributed by atoms with Crippen LogP contribution in [0.25, 0.3) is 0 Å². The number of aromatic nitrogens is 4. The summed E-state index contributed by atoms with van der Waals surface area (Å²) in [4.78, 5) is 63.7. The first-order valence-corrected chi connectivity index (χ1v) is 16.0. The first kappa shape index (κ1) is 33.5. The largest absolute Gasteiger partial charge is 0.477 e. The van der Waals surface area contributed by atoms with Gasteiger partial charge in [-0.1, -0.05) is 24.3 Å². The molecule has 49 heavy (non-hydrogen) atoms. The smallest absolute Gasteiger partial charge is 0.410 e. The Bertz CT molecular complexity index is 1840. The van der Waals surface area contributed by atoms with Crippen LogP contribution in [0.2, 0.25) is 0 Å². The first-order chi connectivity index (χ1) is 23.3. The average molecular weight is 695 g/mol. The first-order valence-electron chi connectivity index (χ1n) is 15.1. The van der Waals surface area contributed by atoms with Crippen molar-refractivity contribution in [2.45, 2.75) is 56.7 Å². The number of ether oxygens (including phenoxy) is 1. The molecule has 2 fully saturated rings. The molecule has 3 aliphatic rings. The quantitative estimate of drug-likeness (QED) is 0.148. The molecule has 0 radical (unpaired) electrons. The van der Waals surface area contributed by atoms with Crippen molar-refractivity contribution in [1.82, 2.24) is 30.4 Å². The molecule has 4 heterocycles. The minimum Gasteiger partial charge on any atom is -0.477 e. The van der Waals surface area contributed by atoms with Crippen LogP contribution in [0.15, 0.2) is 59.1 Å². The number of carboxylic acids is 1. The normalized spacial score (nSPS) is 25.2. The van der Waals surface area contributed by atoms with Gasteiger partial charge in [0.15, 0.2) is 5.82 Å². The van der Waals surface area contributed by atoms with Gasteiger partial charge >= 0.3 is 12.1 Å². The zero-order chi connectivity index (χ0) is 35.2. The molecule has 256 valence electrons. The van der Waals surface area contributed by atoms with Crippen LogP contribution in [0.1, 0.15) is 43.3 Å². The number of tetrazole rings is 1. The van der Waals surface area contributed by atoms with E-state index in [9.17, 15) is 44.8 Å². The van der Waals surface area contributed by atoms with Gasteiger partial charge in [-0.3, -0.25) is 29.9 Å². The number of amides is 2. The van der Waals surface area contributed by atoms with Gasteiger partial charge in [-0.2, -0.15) is 5.21 Å². The Labute approximate surface area is 281 Å². The predicted octanol–water partition coefficient (Wildman–Crippen LogP) is 2.97. The number of thioether (sulfide) groups is 1. The summed E-state index contributed by atoms with van der Waals surface area (Å²) in [5.74, 6) is -2.52. The molecule has 2 aromatic carbocycles. The highest BCUT2D eigenvalue weighted by Gasteiger charge is 2.66. The Hall–Kier alpha value is -5.43. The lowest BCUT2D eigenvalue weighted by Crippen LogP contribution is -2.66. The third kappa shape index (κ3) is 6.06. The second-order valence-electron chi connectivity index (χ2n) is 12.3. The molecule has 3 N–H and O–H groups in total. The number of non-ortho nitro benzene ring substituents is 2. The van der Waals surface area contributed by atoms with Crippen LogP contribution < -0.4 is 0 Å². The molecule has 3 aromatic rings. The van der Waals surface area contributed by atoms with Gasteiger partial charge in [-0.25, -0.2) is 9.59 Å². The van der Waals surface area contributed by atoms with Crippen LogP contribution in [-0.2, 0) is 27.4 Å². The topological polar surface area (TPSA) is 248 Å². The van der Waals surface area contributed by atoms with Crippen LogP contribution in [0, 0.1) is 31.6 Å². The Morgan fingerprint density at radius 2 is 1.71 bits per heavy atom. The number of nitrogens with zero attached hydrogens (tertiary/aromatic N) is 7. The average Bonchev–Trinajstić information content (AvgIpc) is 3.78. The van der Waals surface area contributed by atoms with E-state index in [1.54, 1.807) is 12.1 Å². The number of benzene rings is 2. The van der Waals surface area contributed by atoms with Crippen LogP contribution in [0.3, 0.4) is 0 Å². The van der Waals surface area contributed by atoms with Crippen molar-refractivity contribution in [1.29, 1.82) is 0 Å². The number of β-lactam (4-membered cyclic amide) rings is 1. The number of hydrogen-bond acceptors (Lipinski definition) is 13. The fourth-order valence-electron chi connectivity index (χ4n) is 6.91. The Morgan fingerprint density at radius 1 is 1.10 bits per heavy atom. The van der Waals surface area contributed by atoms with E-state index in [4.69, 9.17) is 4.74 Å². The number of carboxylic acid groups (broad SMARTS) is 1. The summed E-state index contributed by atoms with van der Waals surface area (Å²) in [5, 5.41) is 56.9. The number of H-pyrrole nitrogens is 1. The Balaban J connectivity index is 1.29. The lowest BCUT2D eigenvalue weighted by atomic mass is 9.67. The van der Waals surface area contributed by atoms with Gasteiger partial charge in [-0.15, -0.1) is 22.0 Å². The molecule has 18 nitrogen and oxygen atoms in total. The summed E-state index contributed by atoms with van der Waals surface area (Å²) in [6.45, 7) is 3.19. The summed E-state index contributed by atoms with van der Waals surface area (Å²) in [7, 11) is 0. The van der Waals surface area contributed by atoms with E-state index in [2.05, 4.69) is 20.6 Å². The molecule has 3 aliphatic heterocycles. The van der Waals surface area contributed by atoms with Crippen molar-refractivity contribution in [2.24, 2.45) is 11.3 Å². The van der Waals surface area contributed by atoms with E-state index >= 15 is 0 Å². The van der Waals surface area contributed by atoms with Gasteiger partial charge in [0.25, 0.3) is 11.4 Å².